The highest BCUT2D eigenvalue weighted by atomic mass is 19.1. The molecule has 2 fully saturated rings. The van der Waals surface area contributed by atoms with E-state index in [-0.39, 0.29) is 11.7 Å². The number of piperidine rings is 1. The van der Waals surface area contributed by atoms with Gasteiger partial charge >= 0.3 is 0 Å². The first-order valence-electron chi connectivity index (χ1n) is 10.1. The van der Waals surface area contributed by atoms with E-state index in [0.29, 0.717) is 24.7 Å². The standard InChI is InChI=1S/C22H27FN4O/c1-17-3-2-10-27(16-17)20-8-9-21(24-15-20)22(28)26-13-11-25(12-14-26)19-6-4-18(23)5-7-19/h4-9,15,17H,2-3,10-14,16H2,1H3. The first kappa shape index (κ1) is 18.7. The quantitative estimate of drug-likeness (QED) is 0.816. The van der Waals surface area contributed by atoms with Gasteiger partial charge in [-0.15, -0.1) is 0 Å². The largest absolute Gasteiger partial charge is 0.370 e. The van der Waals surface area contributed by atoms with Crippen molar-refractivity contribution in [3.05, 3.63) is 54.1 Å². The number of hydrogen-bond acceptors (Lipinski definition) is 4. The van der Waals surface area contributed by atoms with Gasteiger partial charge in [-0.25, -0.2) is 9.37 Å². The summed E-state index contributed by atoms with van der Waals surface area (Å²) in [5.41, 5.74) is 2.60. The molecular weight excluding hydrogens is 355 g/mol. The number of amides is 1. The number of aromatic nitrogens is 1. The molecule has 1 aromatic heterocycles. The van der Waals surface area contributed by atoms with Crippen molar-refractivity contribution < 1.29 is 9.18 Å². The van der Waals surface area contributed by atoms with Crippen LogP contribution in [0.1, 0.15) is 30.3 Å². The highest BCUT2D eigenvalue weighted by Gasteiger charge is 2.24. The Kier molecular flexibility index (Phi) is 5.46. The minimum atomic E-state index is -0.230. The molecule has 0 bridgehead atoms. The van der Waals surface area contributed by atoms with Crippen LogP contribution >= 0.6 is 0 Å². The number of piperazine rings is 1. The second-order valence-corrected chi connectivity index (χ2v) is 7.85. The summed E-state index contributed by atoms with van der Waals surface area (Å²) in [4.78, 5) is 23.6. The van der Waals surface area contributed by atoms with Crippen LogP contribution in [0.4, 0.5) is 15.8 Å². The summed E-state index contributed by atoms with van der Waals surface area (Å²) in [6.07, 6.45) is 4.32. The molecule has 1 unspecified atom stereocenters. The Labute approximate surface area is 165 Å². The van der Waals surface area contributed by atoms with Crippen molar-refractivity contribution in [2.24, 2.45) is 5.92 Å². The van der Waals surface area contributed by atoms with Gasteiger partial charge in [0.15, 0.2) is 0 Å². The van der Waals surface area contributed by atoms with Gasteiger partial charge < -0.3 is 14.7 Å². The number of carbonyl (C=O) groups excluding carboxylic acids is 1. The minimum Gasteiger partial charge on any atom is -0.370 e. The summed E-state index contributed by atoms with van der Waals surface area (Å²) < 4.78 is 13.1. The third kappa shape index (κ3) is 4.11. The van der Waals surface area contributed by atoms with Gasteiger partial charge in [-0.05, 0) is 55.2 Å². The van der Waals surface area contributed by atoms with Crippen LogP contribution in [0.25, 0.3) is 0 Å². The number of hydrogen-bond donors (Lipinski definition) is 0. The van der Waals surface area contributed by atoms with Gasteiger partial charge in [0.05, 0.1) is 11.9 Å². The maximum absolute atomic E-state index is 13.1. The van der Waals surface area contributed by atoms with E-state index in [2.05, 4.69) is 21.7 Å². The molecule has 3 heterocycles. The zero-order valence-corrected chi connectivity index (χ0v) is 16.4. The molecule has 0 spiro atoms. The molecule has 5 nitrogen and oxygen atoms in total. The predicted octanol–water partition coefficient (Wildman–Crippen LogP) is 3.42. The molecule has 0 saturated carbocycles. The van der Waals surface area contributed by atoms with Gasteiger partial charge in [-0.2, -0.15) is 0 Å². The Balaban J connectivity index is 1.35. The fraction of sp³-hybridized carbons (Fsp3) is 0.455. The predicted molar refractivity (Wildman–Crippen MR) is 109 cm³/mol. The van der Waals surface area contributed by atoms with Gasteiger partial charge in [-0.3, -0.25) is 4.79 Å². The van der Waals surface area contributed by atoms with E-state index in [4.69, 9.17) is 0 Å². The molecular formula is C22H27FN4O. The van der Waals surface area contributed by atoms with Crippen LogP contribution < -0.4 is 9.80 Å². The number of rotatable bonds is 3. The van der Waals surface area contributed by atoms with Crippen LogP contribution in [0.3, 0.4) is 0 Å². The van der Waals surface area contributed by atoms with Gasteiger partial charge in [0.1, 0.15) is 11.5 Å². The summed E-state index contributed by atoms with van der Waals surface area (Å²) in [6.45, 7) is 7.16. The fourth-order valence-electron chi connectivity index (χ4n) is 4.11. The Morgan fingerprint density at radius 3 is 2.32 bits per heavy atom. The number of anilines is 2. The lowest BCUT2D eigenvalue weighted by Gasteiger charge is -2.36. The molecule has 4 rings (SSSR count). The number of pyridine rings is 1. The summed E-state index contributed by atoms with van der Waals surface area (Å²) in [5.74, 6) is 0.455. The van der Waals surface area contributed by atoms with Crippen LogP contribution in [0, 0.1) is 11.7 Å². The molecule has 1 amide bonds. The zero-order chi connectivity index (χ0) is 19.5. The van der Waals surface area contributed by atoms with Crippen LogP contribution in [-0.4, -0.2) is 55.1 Å². The second kappa shape index (κ2) is 8.17. The van der Waals surface area contributed by atoms with Crippen LogP contribution in [-0.2, 0) is 0 Å². The van der Waals surface area contributed by atoms with Crippen molar-refractivity contribution in [2.45, 2.75) is 19.8 Å². The number of nitrogens with zero attached hydrogens (tertiary/aromatic N) is 4. The molecule has 2 aliphatic heterocycles. The number of halogens is 1. The first-order chi connectivity index (χ1) is 13.6. The molecule has 1 aromatic carbocycles. The highest BCUT2D eigenvalue weighted by molar-refractivity contribution is 5.92. The minimum absolute atomic E-state index is 0.0164. The van der Waals surface area contributed by atoms with Crippen LogP contribution in [0.15, 0.2) is 42.6 Å². The van der Waals surface area contributed by atoms with Gasteiger partial charge in [-0.1, -0.05) is 6.92 Å². The van der Waals surface area contributed by atoms with Crippen molar-refractivity contribution >= 4 is 17.3 Å². The molecule has 148 valence electrons. The molecule has 2 aromatic rings. The third-order valence-electron chi connectivity index (χ3n) is 5.75. The molecule has 2 saturated heterocycles. The normalized spacial score (nSPS) is 20.4. The van der Waals surface area contributed by atoms with Crippen LogP contribution in [0.2, 0.25) is 0 Å². The van der Waals surface area contributed by atoms with Crippen molar-refractivity contribution in [2.75, 3.05) is 49.1 Å². The van der Waals surface area contributed by atoms with Crippen LogP contribution in [0.5, 0.6) is 0 Å². The van der Waals surface area contributed by atoms with Gasteiger partial charge in [0.25, 0.3) is 5.91 Å². The summed E-state index contributed by atoms with van der Waals surface area (Å²) >= 11 is 0. The van der Waals surface area contributed by atoms with E-state index >= 15 is 0 Å². The lowest BCUT2D eigenvalue weighted by molar-refractivity contribution is 0.0741. The topological polar surface area (TPSA) is 39.7 Å². The zero-order valence-electron chi connectivity index (χ0n) is 16.4. The van der Waals surface area contributed by atoms with Crippen molar-refractivity contribution in [1.29, 1.82) is 0 Å². The molecule has 2 aliphatic rings. The van der Waals surface area contributed by atoms with E-state index in [0.717, 1.165) is 37.6 Å². The van der Waals surface area contributed by atoms with Gasteiger partial charge in [0, 0.05) is 45.0 Å². The molecule has 0 N–H and O–H groups in total. The summed E-state index contributed by atoms with van der Waals surface area (Å²) in [6, 6.07) is 10.4. The monoisotopic (exact) mass is 382 g/mol. The van der Waals surface area contributed by atoms with E-state index in [1.807, 2.05) is 23.2 Å². The van der Waals surface area contributed by atoms with E-state index in [9.17, 15) is 9.18 Å². The lowest BCUT2D eigenvalue weighted by Crippen LogP contribution is -2.49. The smallest absolute Gasteiger partial charge is 0.272 e. The number of benzene rings is 1. The number of carbonyl (C=O) groups is 1. The first-order valence-corrected chi connectivity index (χ1v) is 10.1. The molecule has 6 heteroatoms. The summed E-state index contributed by atoms with van der Waals surface area (Å²) in [5, 5.41) is 0. The molecule has 1 atom stereocenters. The maximum Gasteiger partial charge on any atom is 0.272 e. The van der Waals surface area contributed by atoms with Crippen molar-refractivity contribution in [1.82, 2.24) is 9.88 Å². The van der Waals surface area contributed by atoms with Crippen molar-refractivity contribution in [3.63, 3.8) is 0 Å². The van der Waals surface area contributed by atoms with Gasteiger partial charge in [0.2, 0.25) is 0 Å². The Hall–Kier alpha value is -2.63. The summed E-state index contributed by atoms with van der Waals surface area (Å²) in [7, 11) is 0. The van der Waals surface area contributed by atoms with E-state index in [1.54, 1.807) is 12.1 Å². The molecule has 0 radical (unpaired) electrons. The highest BCUT2D eigenvalue weighted by Crippen LogP contribution is 2.23. The molecule has 0 aliphatic carbocycles. The average Bonchev–Trinajstić information content (AvgIpc) is 2.74. The fourth-order valence-corrected chi connectivity index (χ4v) is 4.11. The molecule has 28 heavy (non-hydrogen) atoms. The lowest BCUT2D eigenvalue weighted by atomic mass is 10.00. The second-order valence-electron chi connectivity index (χ2n) is 7.85. The SMILES string of the molecule is CC1CCCN(c2ccc(C(=O)N3CCN(c4ccc(F)cc4)CC3)nc2)C1. The van der Waals surface area contributed by atoms with E-state index in [1.165, 1.54) is 25.0 Å². The Morgan fingerprint density at radius 2 is 1.68 bits per heavy atom. The van der Waals surface area contributed by atoms with E-state index < -0.39 is 0 Å². The Morgan fingerprint density at radius 1 is 0.964 bits per heavy atom. The maximum atomic E-state index is 13.1. The average molecular weight is 382 g/mol. The Bertz CT molecular complexity index is 800. The van der Waals surface area contributed by atoms with Crippen molar-refractivity contribution in [3.8, 4) is 0 Å². The third-order valence-corrected chi connectivity index (χ3v) is 5.75.